The van der Waals surface area contributed by atoms with E-state index < -0.39 is 113 Å². The first-order valence-electron chi connectivity index (χ1n) is 17.1. The van der Waals surface area contributed by atoms with E-state index in [1.54, 1.807) is 45.9 Å². The number of benzene rings is 1. The van der Waals surface area contributed by atoms with Crippen molar-refractivity contribution < 1.29 is 67.1 Å². The molecular formula is C37H46O14. The molecule has 4 fully saturated rings. The molecule has 0 saturated heterocycles. The van der Waals surface area contributed by atoms with Crippen LogP contribution < -0.4 is 0 Å². The fourth-order valence-electron chi connectivity index (χ4n) is 9.77. The van der Waals surface area contributed by atoms with Crippen LogP contribution in [0.2, 0.25) is 0 Å². The van der Waals surface area contributed by atoms with Crippen molar-refractivity contribution in [2.45, 2.75) is 110 Å². The quantitative estimate of drug-likeness (QED) is 0.305. The fraction of sp³-hybridized carbons (Fsp3) is 0.649. The SMILES string of the molecule is CC(=O)OCC(=O)O[C@@H]1[C@H]2[C@@H](OC(=O)c3ccccc3)[C@@H](C)C[C@]2(O)[C@H](OC(C)=O)[C@]2(C)C(OC(C)=O)[C@@]1(OC(C)=O)C[C@H]1C(=O)C(C)(C)C[C@@H]12. The molecule has 1 aromatic rings. The predicted molar refractivity (Wildman–Crippen MR) is 173 cm³/mol. The Labute approximate surface area is 295 Å². The van der Waals surface area contributed by atoms with Crippen molar-refractivity contribution in [2.75, 3.05) is 6.61 Å². The first-order chi connectivity index (χ1) is 23.7. The number of hydrogen-bond donors (Lipinski definition) is 1. The molecule has 4 aliphatic carbocycles. The third-order valence-electron chi connectivity index (χ3n) is 11.3. The molecule has 0 aliphatic heterocycles. The van der Waals surface area contributed by atoms with Crippen molar-refractivity contribution in [1.82, 2.24) is 0 Å². The third-order valence-corrected chi connectivity index (χ3v) is 11.3. The summed E-state index contributed by atoms with van der Waals surface area (Å²) in [5.74, 6) is -9.32. The van der Waals surface area contributed by atoms with Crippen molar-refractivity contribution in [3.05, 3.63) is 35.9 Å². The summed E-state index contributed by atoms with van der Waals surface area (Å²) in [5, 5.41) is 13.2. The summed E-state index contributed by atoms with van der Waals surface area (Å²) < 4.78 is 35.5. The summed E-state index contributed by atoms with van der Waals surface area (Å²) >= 11 is 0. The van der Waals surface area contributed by atoms with E-state index in [0.717, 1.165) is 27.7 Å². The van der Waals surface area contributed by atoms with Gasteiger partial charge in [-0.3, -0.25) is 24.0 Å². The molecule has 0 heterocycles. The highest BCUT2D eigenvalue weighted by Crippen LogP contribution is 2.69. The maximum absolute atomic E-state index is 14.2. The van der Waals surface area contributed by atoms with Gasteiger partial charge in [0.15, 0.2) is 24.4 Å². The summed E-state index contributed by atoms with van der Waals surface area (Å²) in [4.78, 5) is 92.6. The Morgan fingerprint density at radius 3 is 1.96 bits per heavy atom. The van der Waals surface area contributed by atoms with Crippen LogP contribution in [0.5, 0.6) is 0 Å². The van der Waals surface area contributed by atoms with Crippen molar-refractivity contribution in [3.8, 4) is 0 Å². The largest absolute Gasteiger partial charge is 0.459 e. The first-order valence-corrected chi connectivity index (χ1v) is 17.1. The lowest BCUT2D eigenvalue weighted by atomic mass is 9.53. The van der Waals surface area contributed by atoms with Crippen LogP contribution >= 0.6 is 0 Å². The van der Waals surface area contributed by atoms with Gasteiger partial charge in [0.2, 0.25) is 0 Å². The second-order valence-corrected chi connectivity index (χ2v) is 15.4. The monoisotopic (exact) mass is 714 g/mol. The third kappa shape index (κ3) is 6.40. The van der Waals surface area contributed by atoms with Gasteiger partial charge in [-0.1, -0.05) is 45.9 Å². The van der Waals surface area contributed by atoms with Crippen LogP contribution in [-0.4, -0.2) is 88.9 Å². The first kappa shape index (κ1) is 37.9. The Bertz CT molecular complexity index is 1620. The van der Waals surface area contributed by atoms with Crippen LogP contribution in [0, 0.1) is 34.5 Å². The molecule has 14 nitrogen and oxygen atoms in total. The van der Waals surface area contributed by atoms with Gasteiger partial charge in [0, 0.05) is 45.4 Å². The lowest BCUT2D eigenvalue weighted by molar-refractivity contribution is -0.269. The van der Waals surface area contributed by atoms with E-state index in [-0.39, 0.29) is 30.6 Å². The molecule has 5 rings (SSSR count). The molecule has 14 heteroatoms. The zero-order valence-electron chi connectivity index (χ0n) is 30.1. The zero-order valence-corrected chi connectivity index (χ0v) is 30.1. The Morgan fingerprint density at radius 1 is 0.784 bits per heavy atom. The van der Waals surface area contributed by atoms with Gasteiger partial charge in [-0.2, -0.15) is 0 Å². The number of ether oxygens (including phenoxy) is 6. The standard InChI is InChI=1S/C37H46O14/c1-18-14-36(45)27(28(18)50-31(44)23-12-10-9-11-13-23)30(49-26(42)17-46-19(2)38)37(51-22(5)41)15-24-25(16-34(6,7)29(24)43)35(8,32(36)47-20(3)39)33(37)48-21(4)40/h9-13,18,24-25,27-28,30,32-33,45H,14-17H2,1-8H3/t18-,24+,25-,27+,28-,30+,32+,33?,35+,36+,37+/m0/s1. The van der Waals surface area contributed by atoms with Gasteiger partial charge in [-0.05, 0) is 36.8 Å². The normalized spacial score (nSPS) is 37.5. The summed E-state index contributed by atoms with van der Waals surface area (Å²) in [5.41, 5.74) is -6.86. The lowest BCUT2D eigenvalue weighted by Gasteiger charge is -2.58. The molecule has 0 radical (unpaired) electrons. The minimum Gasteiger partial charge on any atom is -0.459 e. The average molecular weight is 715 g/mol. The van der Waals surface area contributed by atoms with Gasteiger partial charge in [0.1, 0.15) is 23.6 Å². The van der Waals surface area contributed by atoms with Crippen LogP contribution in [0.1, 0.15) is 85.0 Å². The highest BCUT2D eigenvalue weighted by molar-refractivity contribution is 5.90. The molecule has 2 bridgehead atoms. The summed E-state index contributed by atoms with van der Waals surface area (Å²) in [6.07, 6.45) is -6.55. The number of fused-ring (bicyclic) bond motifs is 5. The topological polar surface area (TPSA) is 195 Å². The van der Waals surface area contributed by atoms with Gasteiger partial charge in [-0.25, -0.2) is 9.59 Å². The Hall–Kier alpha value is -4.33. The van der Waals surface area contributed by atoms with E-state index in [1.165, 1.54) is 12.1 Å². The van der Waals surface area contributed by atoms with E-state index >= 15 is 0 Å². The molecule has 1 unspecified atom stereocenters. The summed E-state index contributed by atoms with van der Waals surface area (Å²) in [6, 6.07) is 8.03. The van der Waals surface area contributed by atoms with E-state index in [0.29, 0.717) is 0 Å². The number of Topliss-reactive ketones (excluding diaryl/α,β-unsaturated/α-hetero) is 1. The van der Waals surface area contributed by atoms with Gasteiger partial charge in [-0.15, -0.1) is 0 Å². The van der Waals surface area contributed by atoms with Gasteiger partial charge in [0.05, 0.1) is 16.9 Å². The second-order valence-electron chi connectivity index (χ2n) is 15.4. The number of ketones is 1. The van der Waals surface area contributed by atoms with Gasteiger partial charge in [0.25, 0.3) is 0 Å². The number of hydrogen-bond acceptors (Lipinski definition) is 14. The highest BCUT2D eigenvalue weighted by atomic mass is 16.6. The van der Waals surface area contributed by atoms with Gasteiger partial charge >= 0.3 is 35.8 Å². The summed E-state index contributed by atoms with van der Waals surface area (Å²) in [6.45, 7) is 10.4. The molecule has 0 spiro atoms. The molecule has 0 amide bonds. The van der Waals surface area contributed by atoms with Crippen molar-refractivity contribution in [2.24, 2.45) is 34.5 Å². The molecule has 51 heavy (non-hydrogen) atoms. The van der Waals surface area contributed by atoms with E-state index in [2.05, 4.69) is 0 Å². The maximum Gasteiger partial charge on any atom is 0.344 e. The van der Waals surface area contributed by atoms with Crippen molar-refractivity contribution in [1.29, 1.82) is 0 Å². The average Bonchev–Trinajstić information content (AvgIpc) is 3.41. The second kappa shape index (κ2) is 13.3. The van der Waals surface area contributed by atoms with Crippen LogP contribution in [0.3, 0.4) is 0 Å². The molecule has 4 aliphatic rings. The number of esters is 6. The van der Waals surface area contributed by atoms with Crippen LogP contribution in [0.25, 0.3) is 0 Å². The van der Waals surface area contributed by atoms with Crippen molar-refractivity contribution in [3.63, 3.8) is 0 Å². The minimum atomic E-state index is -2.22. The highest BCUT2D eigenvalue weighted by Gasteiger charge is 2.82. The zero-order chi connectivity index (χ0) is 37.8. The molecule has 1 N–H and O–H groups in total. The number of rotatable bonds is 8. The molecule has 4 saturated carbocycles. The Kier molecular flexibility index (Phi) is 9.91. The van der Waals surface area contributed by atoms with E-state index in [4.69, 9.17) is 28.4 Å². The summed E-state index contributed by atoms with van der Waals surface area (Å²) in [7, 11) is 0. The molecule has 11 atom stereocenters. The van der Waals surface area contributed by atoms with Crippen LogP contribution in [0.4, 0.5) is 0 Å². The Balaban J connectivity index is 1.85. The van der Waals surface area contributed by atoms with E-state index in [9.17, 15) is 38.7 Å². The van der Waals surface area contributed by atoms with Crippen molar-refractivity contribution >= 4 is 41.6 Å². The van der Waals surface area contributed by atoms with Gasteiger partial charge < -0.3 is 33.5 Å². The van der Waals surface area contributed by atoms with Crippen LogP contribution in [-0.2, 0) is 57.2 Å². The fourth-order valence-corrected chi connectivity index (χ4v) is 9.77. The number of carbonyl (C=O) groups is 7. The molecular weight excluding hydrogens is 668 g/mol. The number of carbonyl (C=O) groups excluding carboxylic acids is 7. The minimum absolute atomic E-state index is 0.175. The number of aliphatic hydroxyl groups is 1. The lowest BCUT2D eigenvalue weighted by Crippen LogP contribution is -2.70. The molecule has 0 aromatic heterocycles. The Morgan fingerprint density at radius 2 is 1.39 bits per heavy atom. The predicted octanol–water partition coefficient (Wildman–Crippen LogP) is 2.89. The smallest absolute Gasteiger partial charge is 0.344 e. The van der Waals surface area contributed by atoms with E-state index in [1.807, 2.05) is 0 Å². The maximum atomic E-state index is 14.2. The molecule has 278 valence electrons. The molecule has 1 aromatic carbocycles. The van der Waals surface area contributed by atoms with Crippen LogP contribution in [0.15, 0.2) is 30.3 Å².